The van der Waals surface area contributed by atoms with E-state index in [1.807, 2.05) is 18.2 Å². The second-order valence-corrected chi connectivity index (χ2v) is 9.72. The molecule has 0 bridgehead atoms. The van der Waals surface area contributed by atoms with Crippen molar-refractivity contribution in [1.82, 2.24) is 15.0 Å². The summed E-state index contributed by atoms with van der Waals surface area (Å²) in [6.45, 7) is 7.41. The van der Waals surface area contributed by atoms with Gasteiger partial charge in [0.05, 0.1) is 29.9 Å². The van der Waals surface area contributed by atoms with Crippen LogP contribution < -0.4 is 9.47 Å². The van der Waals surface area contributed by atoms with Gasteiger partial charge in [0.2, 0.25) is 0 Å². The van der Waals surface area contributed by atoms with Crippen LogP contribution in [0.1, 0.15) is 52.4 Å². The van der Waals surface area contributed by atoms with E-state index >= 15 is 0 Å². The Morgan fingerprint density at radius 2 is 1.17 bits per heavy atom. The van der Waals surface area contributed by atoms with Gasteiger partial charge in [0.25, 0.3) is 0 Å². The third-order valence-corrected chi connectivity index (χ3v) is 6.47. The average Bonchev–Trinajstić information content (AvgIpc) is 3.59. The molecule has 0 saturated carbocycles. The number of nitrogens with zero attached hydrogens (tertiary/aromatic N) is 3. The Morgan fingerprint density at radius 1 is 0.659 bits per heavy atom. The van der Waals surface area contributed by atoms with Crippen LogP contribution in [0.5, 0.6) is 23.0 Å². The van der Waals surface area contributed by atoms with E-state index in [0.717, 1.165) is 44.6 Å². The molecule has 8 heteroatoms. The fraction of sp³-hybridized carbons (Fsp3) is 0.364. The summed E-state index contributed by atoms with van der Waals surface area (Å²) in [7, 11) is 0. The molecule has 1 saturated heterocycles. The van der Waals surface area contributed by atoms with E-state index in [9.17, 15) is 10.2 Å². The number of rotatable bonds is 11. The number of aromatic nitrogens is 3. The van der Waals surface area contributed by atoms with E-state index in [-0.39, 0.29) is 11.5 Å². The van der Waals surface area contributed by atoms with Crippen molar-refractivity contribution in [3.8, 4) is 57.2 Å². The highest BCUT2D eigenvalue weighted by atomic mass is 16.5. The summed E-state index contributed by atoms with van der Waals surface area (Å²) < 4.78 is 17.0. The highest BCUT2D eigenvalue weighted by molar-refractivity contribution is 5.73. The predicted octanol–water partition coefficient (Wildman–Crippen LogP) is 7.44. The number of hydrogen-bond donors (Lipinski definition) is 2. The van der Waals surface area contributed by atoms with Gasteiger partial charge in [-0.2, -0.15) is 0 Å². The lowest BCUT2D eigenvalue weighted by atomic mass is 10.1. The maximum Gasteiger partial charge on any atom is 0.167 e. The van der Waals surface area contributed by atoms with Crippen LogP contribution in [0.25, 0.3) is 34.2 Å². The number of aromatic hydroxyl groups is 2. The molecule has 2 heterocycles. The quantitative estimate of drug-likeness (QED) is 0.183. The van der Waals surface area contributed by atoms with E-state index in [1.54, 1.807) is 48.5 Å². The van der Waals surface area contributed by atoms with Crippen LogP contribution in [0.3, 0.4) is 0 Å². The van der Waals surface area contributed by atoms with Crippen molar-refractivity contribution >= 4 is 0 Å². The van der Waals surface area contributed by atoms with E-state index < -0.39 is 0 Å². The van der Waals surface area contributed by atoms with Gasteiger partial charge in [-0.1, -0.05) is 51.0 Å². The molecule has 0 aliphatic carbocycles. The molecule has 1 fully saturated rings. The topological polar surface area (TPSA) is 107 Å². The predicted molar refractivity (Wildman–Crippen MR) is 160 cm³/mol. The first kappa shape index (κ1) is 29.8. The number of para-hydroxylation sites is 2. The highest BCUT2D eigenvalue weighted by Crippen LogP contribution is 2.36. The molecular formula is C33H39N3O5. The number of phenols is 2. The van der Waals surface area contributed by atoms with Crippen LogP contribution in [0.2, 0.25) is 0 Å². The van der Waals surface area contributed by atoms with Gasteiger partial charge in [0.15, 0.2) is 17.5 Å². The molecule has 216 valence electrons. The Bertz CT molecular complexity index is 1320. The van der Waals surface area contributed by atoms with E-state index in [0.29, 0.717) is 53.1 Å². The van der Waals surface area contributed by atoms with Gasteiger partial charge in [-0.05, 0) is 62.1 Å². The normalized spacial score (nSPS) is 12.4. The Balaban J connectivity index is 0.000000699. The fourth-order valence-corrected chi connectivity index (χ4v) is 4.13. The molecule has 2 N–H and O–H groups in total. The van der Waals surface area contributed by atoms with Crippen LogP contribution in [0.15, 0.2) is 66.7 Å². The molecule has 1 aliphatic heterocycles. The highest BCUT2D eigenvalue weighted by Gasteiger charge is 2.19. The van der Waals surface area contributed by atoms with Crippen molar-refractivity contribution < 1.29 is 24.4 Å². The van der Waals surface area contributed by atoms with E-state index in [4.69, 9.17) is 24.2 Å². The number of hydrogen-bond acceptors (Lipinski definition) is 8. The summed E-state index contributed by atoms with van der Waals surface area (Å²) in [5, 5.41) is 21.0. The standard InChI is InChI=1S/C29H31N3O4.C4H8O/c1-3-5-17-35-20-15-16-23(26(19-20)36-18-6-4-2)29-31-27(21-11-7-9-13-24(21)33)30-28(32-29)22-12-8-10-14-25(22)34;1-2-4-5-3-1/h7-16,19,33-34H,3-6,17-18H2,1-2H3;1-4H2. The lowest BCUT2D eigenvalue weighted by Crippen LogP contribution is -2.04. The Hall–Kier alpha value is -4.17. The Labute approximate surface area is 242 Å². The third-order valence-electron chi connectivity index (χ3n) is 6.47. The van der Waals surface area contributed by atoms with Crippen molar-refractivity contribution in [3.63, 3.8) is 0 Å². The largest absolute Gasteiger partial charge is 0.507 e. The zero-order valence-electron chi connectivity index (χ0n) is 23.9. The minimum absolute atomic E-state index is 0.0528. The summed E-state index contributed by atoms with van der Waals surface area (Å²) in [4.78, 5) is 14.0. The summed E-state index contributed by atoms with van der Waals surface area (Å²) in [5.41, 5.74) is 1.60. The minimum atomic E-state index is 0.0528. The van der Waals surface area contributed by atoms with Crippen LogP contribution >= 0.6 is 0 Å². The van der Waals surface area contributed by atoms with Crippen LogP contribution in [0.4, 0.5) is 0 Å². The minimum Gasteiger partial charge on any atom is -0.507 e. The molecule has 4 aromatic rings. The van der Waals surface area contributed by atoms with Crippen LogP contribution in [-0.2, 0) is 4.74 Å². The van der Waals surface area contributed by atoms with Crippen molar-refractivity contribution in [2.45, 2.75) is 52.4 Å². The van der Waals surface area contributed by atoms with Gasteiger partial charge in [0, 0.05) is 19.3 Å². The maximum atomic E-state index is 10.5. The summed E-state index contributed by atoms with van der Waals surface area (Å²) in [6.07, 6.45) is 6.48. The second-order valence-electron chi connectivity index (χ2n) is 9.72. The number of phenolic OH excluding ortho intramolecular Hbond substituents is 2. The van der Waals surface area contributed by atoms with Crippen LogP contribution in [0, 0.1) is 0 Å². The maximum absolute atomic E-state index is 10.5. The first-order chi connectivity index (χ1) is 20.1. The lowest BCUT2D eigenvalue weighted by molar-refractivity contribution is 0.198. The first-order valence-electron chi connectivity index (χ1n) is 14.4. The summed E-state index contributed by atoms with van der Waals surface area (Å²) in [6, 6.07) is 19.4. The molecule has 3 aromatic carbocycles. The molecule has 8 nitrogen and oxygen atoms in total. The first-order valence-corrected chi connectivity index (χ1v) is 14.4. The zero-order valence-corrected chi connectivity index (χ0v) is 23.9. The average molecular weight is 558 g/mol. The van der Waals surface area contributed by atoms with E-state index in [2.05, 4.69) is 18.8 Å². The van der Waals surface area contributed by atoms with Gasteiger partial charge in [-0.15, -0.1) is 0 Å². The smallest absolute Gasteiger partial charge is 0.167 e. The summed E-state index contributed by atoms with van der Waals surface area (Å²) >= 11 is 0. The van der Waals surface area contributed by atoms with Crippen molar-refractivity contribution in [3.05, 3.63) is 66.7 Å². The Morgan fingerprint density at radius 3 is 1.66 bits per heavy atom. The number of unbranched alkanes of at least 4 members (excludes halogenated alkanes) is 2. The van der Waals surface area contributed by atoms with E-state index in [1.165, 1.54) is 12.8 Å². The number of ether oxygens (including phenoxy) is 3. The van der Waals surface area contributed by atoms with Crippen LogP contribution in [-0.4, -0.2) is 51.6 Å². The monoisotopic (exact) mass is 557 g/mol. The zero-order chi connectivity index (χ0) is 28.9. The number of benzene rings is 3. The SMILES string of the molecule is C1CCOC1.CCCCOc1ccc(-c2nc(-c3ccccc3O)nc(-c3ccccc3O)n2)c(OCCCC)c1. The molecule has 41 heavy (non-hydrogen) atoms. The van der Waals surface area contributed by atoms with Crippen molar-refractivity contribution in [2.24, 2.45) is 0 Å². The van der Waals surface area contributed by atoms with Gasteiger partial charge in [-0.25, -0.2) is 15.0 Å². The second kappa shape index (κ2) is 15.6. The van der Waals surface area contributed by atoms with Gasteiger partial charge in [0.1, 0.15) is 23.0 Å². The van der Waals surface area contributed by atoms with Gasteiger partial charge in [-0.3, -0.25) is 0 Å². The molecule has 1 aliphatic rings. The molecule has 1 aromatic heterocycles. The van der Waals surface area contributed by atoms with Gasteiger partial charge < -0.3 is 24.4 Å². The lowest BCUT2D eigenvalue weighted by Gasteiger charge is -2.15. The molecule has 0 amide bonds. The molecular weight excluding hydrogens is 518 g/mol. The van der Waals surface area contributed by atoms with Crippen molar-refractivity contribution in [2.75, 3.05) is 26.4 Å². The van der Waals surface area contributed by atoms with Gasteiger partial charge >= 0.3 is 0 Å². The molecule has 0 radical (unpaired) electrons. The molecule has 0 unspecified atom stereocenters. The molecule has 0 spiro atoms. The Kier molecular flexibility index (Phi) is 11.3. The fourth-order valence-electron chi connectivity index (χ4n) is 4.13. The molecule has 5 rings (SSSR count). The third kappa shape index (κ3) is 8.41. The van der Waals surface area contributed by atoms with Crippen molar-refractivity contribution in [1.29, 1.82) is 0 Å². The summed E-state index contributed by atoms with van der Waals surface area (Å²) in [5.74, 6) is 2.38. The molecule has 0 atom stereocenters.